The van der Waals surface area contributed by atoms with E-state index in [0.29, 0.717) is 11.5 Å². The molecule has 11 heteroatoms. The molecule has 40 heavy (non-hydrogen) atoms. The predicted molar refractivity (Wildman–Crippen MR) is 143 cm³/mol. The highest BCUT2D eigenvalue weighted by Crippen LogP contribution is 2.58. The van der Waals surface area contributed by atoms with Crippen LogP contribution >= 0.6 is 0 Å². The van der Waals surface area contributed by atoms with Crippen molar-refractivity contribution in [3.63, 3.8) is 0 Å². The maximum Gasteiger partial charge on any atom is 0.357 e. The maximum atomic E-state index is 14.2. The molecule has 0 unspecified atom stereocenters. The number of aliphatic imine (C=N–C) groups is 1. The Morgan fingerprint density at radius 2 is 1.80 bits per heavy atom. The molecule has 1 aromatic carbocycles. The number of amides is 1. The Labute approximate surface area is 230 Å². The first kappa shape index (κ1) is 26.9. The van der Waals surface area contributed by atoms with Gasteiger partial charge in [-0.1, -0.05) is 24.3 Å². The highest BCUT2D eigenvalue weighted by atomic mass is 16.5. The van der Waals surface area contributed by atoms with Crippen molar-refractivity contribution in [2.75, 3.05) is 32.8 Å². The number of carbonyl (C=O) groups excluding carboxylic acids is 4. The van der Waals surface area contributed by atoms with Crippen molar-refractivity contribution >= 4 is 35.3 Å². The van der Waals surface area contributed by atoms with Crippen molar-refractivity contribution < 1.29 is 37.8 Å². The summed E-state index contributed by atoms with van der Waals surface area (Å²) in [4.78, 5) is 61.9. The van der Waals surface area contributed by atoms with E-state index in [9.17, 15) is 19.2 Å². The Balaban J connectivity index is 1.88. The third-order valence-corrected chi connectivity index (χ3v) is 7.75. The first-order valence-electron chi connectivity index (χ1n) is 12.6. The second-order valence-corrected chi connectivity index (χ2v) is 9.76. The predicted octanol–water partition coefficient (Wildman–Crippen LogP) is 2.61. The number of nitrogens with zero attached hydrogens (tertiary/aromatic N) is 3. The van der Waals surface area contributed by atoms with Crippen LogP contribution in [0.5, 0.6) is 0 Å². The molecule has 1 aromatic heterocycles. The quantitative estimate of drug-likeness (QED) is 0.305. The van der Waals surface area contributed by atoms with Gasteiger partial charge in [0.05, 0.1) is 43.9 Å². The van der Waals surface area contributed by atoms with Crippen LogP contribution in [0.25, 0.3) is 0 Å². The van der Waals surface area contributed by atoms with E-state index in [1.165, 1.54) is 26.2 Å². The molecule has 3 atom stereocenters. The second-order valence-electron chi connectivity index (χ2n) is 9.76. The molecule has 1 saturated heterocycles. The number of rotatable bonds is 6. The number of ether oxygens (including phenoxy) is 3. The summed E-state index contributed by atoms with van der Waals surface area (Å²) < 4.78 is 20.9. The minimum Gasteiger partial charge on any atom is -0.467 e. The molecule has 3 aliphatic heterocycles. The number of anilines is 1. The number of likely N-dealkylation sites (tertiary alicyclic amines) is 1. The lowest BCUT2D eigenvalue weighted by atomic mass is 9.69. The number of esters is 3. The number of hydrogen-bond donors (Lipinski definition) is 0. The number of amidine groups is 1. The van der Waals surface area contributed by atoms with Crippen LogP contribution in [-0.2, 0) is 34.0 Å². The Kier molecular flexibility index (Phi) is 6.61. The average molecular weight is 548 g/mol. The van der Waals surface area contributed by atoms with E-state index < -0.39 is 41.3 Å². The van der Waals surface area contributed by atoms with E-state index in [-0.39, 0.29) is 35.6 Å². The molecule has 11 nitrogen and oxygen atoms in total. The molecular formula is C29H29N3O8. The van der Waals surface area contributed by atoms with Gasteiger partial charge < -0.3 is 23.5 Å². The summed E-state index contributed by atoms with van der Waals surface area (Å²) in [5.41, 5.74) is 0.150. The molecule has 0 radical (unpaired) electrons. The van der Waals surface area contributed by atoms with Crippen LogP contribution < -0.4 is 4.90 Å². The average Bonchev–Trinajstić information content (AvgIpc) is 3.58. The van der Waals surface area contributed by atoms with Gasteiger partial charge in [0.1, 0.15) is 23.4 Å². The van der Waals surface area contributed by atoms with Gasteiger partial charge >= 0.3 is 17.9 Å². The van der Waals surface area contributed by atoms with Gasteiger partial charge in [0.15, 0.2) is 5.70 Å². The molecular weight excluding hydrogens is 518 g/mol. The Hall–Kier alpha value is -4.67. The summed E-state index contributed by atoms with van der Waals surface area (Å²) >= 11 is 0. The van der Waals surface area contributed by atoms with Crippen molar-refractivity contribution in [1.29, 1.82) is 0 Å². The van der Waals surface area contributed by atoms with Gasteiger partial charge in [0, 0.05) is 12.2 Å². The topological polar surface area (TPSA) is 128 Å². The Morgan fingerprint density at radius 3 is 2.40 bits per heavy atom. The number of para-hydroxylation sites is 1. The van der Waals surface area contributed by atoms with Gasteiger partial charge in [-0.05, 0) is 38.0 Å². The first-order valence-corrected chi connectivity index (χ1v) is 12.6. The third-order valence-electron chi connectivity index (χ3n) is 7.75. The van der Waals surface area contributed by atoms with Crippen LogP contribution in [0.2, 0.25) is 0 Å². The van der Waals surface area contributed by atoms with Crippen molar-refractivity contribution in [3.05, 3.63) is 76.9 Å². The van der Waals surface area contributed by atoms with Crippen molar-refractivity contribution in [1.82, 2.24) is 4.90 Å². The van der Waals surface area contributed by atoms with E-state index in [4.69, 9.17) is 18.6 Å². The van der Waals surface area contributed by atoms with Gasteiger partial charge in [0.2, 0.25) is 0 Å². The zero-order chi connectivity index (χ0) is 28.9. The summed E-state index contributed by atoms with van der Waals surface area (Å²) in [5, 5.41) is 0. The molecule has 0 saturated carbocycles. The zero-order valence-corrected chi connectivity index (χ0v) is 22.8. The summed E-state index contributed by atoms with van der Waals surface area (Å²) in [7, 11) is 3.62. The molecule has 3 aliphatic rings. The normalized spacial score (nSPS) is 22.7. The number of aryl methyl sites for hydroxylation is 2. The lowest BCUT2D eigenvalue weighted by molar-refractivity contribution is -0.144. The molecule has 5 rings (SSSR count). The van der Waals surface area contributed by atoms with Crippen LogP contribution in [0.1, 0.15) is 33.9 Å². The van der Waals surface area contributed by atoms with Crippen molar-refractivity contribution in [2.45, 2.75) is 37.8 Å². The number of benzene rings is 1. The van der Waals surface area contributed by atoms with Gasteiger partial charge in [-0.15, -0.1) is 6.58 Å². The van der Waals surface area contributed by atoms with Crippen LogP contribution in [-0.4, -0.2) is 74.5 Å². The largest absolute Gasteiger partial charge is 0.467 e. The van der Waals surface area contributed by atoms with Gasteiger partial charge in [-0.3, -0.25) is 9.69 Å². The van der Waals surface area contributed by atoms with Crippen LogP contribution in [0.3, 0.4) is 0 Å². The number of methoxy groups -OCH3 is 3. The van der Waals surface area contributed by atoms with Gasteiger partial charge in [-0.25, -0.2) is 19.4 Å². The van der Waals surface area contributed by atoms with E-state index >= 15 is 0 Å². The number of furan rings is 1. The molecule has 0 bridgehead atoms. The minimum absolute atomic E-state index is 0.0321. The summed E-state index contributed by atoms with van der Waals surface area (Å²) in [6.07, 6.45) is 1.70. The Bertz CT molecular complexity index is 1520. The molecule has 1 fully saturated rings. The van der Waals surface area contributed by atoms with Crippen LogP contribution in [0.15, 0.2) is 63.7 Å². The minimum atomic E-state index is -1.21. The molecule has 4 heterocycles. The SMILES string of the molecule is C=CCN1c2ccccc2[C@]23C[C@@H](C(=O)OC)N(C(=O)c4cc(C)oc4C)C2=NC(C(=O)OC)=C(C(=O)OC)[C@H]13. The molecule has 2 aromatic rings. The zero-order valence-electron chi connectivity index (χ0n) is 22.8. The first-order chi connectivity index (χ1) is 19.2. The van der Waals surface area contributed by atoms with Crippen molar-refractivity contribution in [3.8, 4) is 0 Å². The van der Waals surface area contributed by atoms with Crippen molar-refractivity contribution in [2.24, 2.45) is 4.99 Å². The van der Waals surface area contributed by atoms with Gasteiger partial charge in [0.25, 0.3) is 5.91 Å². The van der Waals surface area contributed by atoms with E-state index in [1.807, 2.05) is 29.2 Å². The lowest BCUT2D eigenvalue weighted by Gasteiger charge is -2.40. The smallest absolute Gasteiger partial charge is 0.357 e. The molecule has 0 N–H and O–H groups in total. The number of hydrogen-bond acceptors (Lipinski definition) is 10. The van der Waals surface area contributed by atoms with E-state index in [0.717, 1.165) is 11.3 Å². The fourth-order valence-corrected chi connectivity index (χ4v) is 6.27. The molecule has 1 spiro atoms. The van der Waals surface area contributed by atoms with E-state index in [1.54, 1.807) is 26.0 Å². The monoisotopic (exact) mass is 547 g/mol. The second kappa shape index (κ2) is 9.82. The number of fused-ring (bicyclic) bond motifs is 1. The molecule has 1 amide bonds. The van der Waals surface area contributed by atoms with Crippen LogP contribution in [0, 0.1) is 13.8 Å². The van der Waals surface area contributed by atoms with Crippen LogP contribution in [0.4, 0.5) is 5.69 Å². The highest BCUT2D eigenvalue weighted by molar-refractivity contribution is 6.20. The highest BCUT2D eigenvalue weighted by Gasteiger charge is 2.67. The molecule has 208 valence electrons. The number of carbonyl (C=O) groups is 4. The van der Waals surface area contributed by atoms with Gasteiger partial charge in [-0.2, -0.15) is 0 Å². The van der Waals surface area contributed by atoms with E-state index in [2.05, 4.69) is 11.6 Å². The summed E-state index contributed by atoms with van der Waals surface area (Å²) in [6, 6.07) is 7.00. The fraction of sp³-hybridized carbons (Fsp3) is 0.345. The lowest BCUT2D eigenvalue weighted by Crippen LogP contribution is -2.55. The standard InChI is InChI=1S/C29H29N3O8/c1-7-12-31-19-11-9-8-10-18(19)29-14-20(25(34)37-4)32(24(33)17-13-15(2)40-16(17)3)28(29)30-22(27(36)39-6)21(23(29)31)26(35)38-5/h7-11,13,20,23H,1,12,14H2,2-6H3/t20-,23-,29-/m0/s1. The third kappa shape index (κ3) is 3.60. The summed E-state index contributed by atoms with van der Waals surface area (Å²) in [6.45, 7) is 7.52. The Morgan fingerprint density at radius 1 is 1.10 bits per heavy atom. The molecule has 0 aliphatic carbocycles. The maximum absolute atomic E-state index is 14.2. The fourth-order valence-electron chi connectivity index (χ4n) is 6.27. The summed E-state index contributed by atoms with van der Waals surface area (Å²) in [5.74, 6) is -1.89.